The summed E-state index contributed by atoms with van der Waals surface area (Å²) >= 11 is 0. The molecule has 2 heterocycles. The second kappa shape index (κ2) is 7.85. The molecule has 1 atom stereocenters. The highest BCUT2D eigenvalue weighted by atomic mass is 16.2. The van der Waals surface area contributed by atoms with Gasteiger partial charge in [0, 0.05) is 51.7 Å². The minimum atomic E-state index is -0.181. The number of nitrogens with zero attached hydrogens (tertiary/aromatic N) is 3. The molecule has 1 unspecified atom stereocenters. The summed E-state index contributed by atoms with van der Waals surface area (Å²) in [5.41, 5.74) is 2.96. The van der Waals surface area contributed by atoms with Crippen molar-refractivity contribution in [1.29, 1.82) is 0 Å². The fraction of sp³-hybridized carbons (Fsp3) is 0.545. The molecular formula is C22H29N3O2. The second-order valence-corrected chi connectivity index (χ2v) is 8.03. The first-order valence-corrected chi connectivity index (χ1v) is 10.1. The quantitative estimate of drug-likeness (QED) is 0.761. The van der Waals surface area contributed by atoms with Crippen LogP contribution in [0.5, 0.6) is 0 Å². The molecule has 2 amide bonds. The van der Waals surface area contributed by atoms with Crippen molar-refractivity contribution in [2.75, 3.05) is 39.3 Å². The Labute approximate surface area is 161 Å². The van der Waals surface area contributed by atoms with E-state index in [2.05, 4.69) is 35.7 Å². The molecule has 3 aliphatic rings. The van der Waals surface area contributed by atoms with Crippen molar-refractivity contribution in [3.63, 3.8) is 0 Å². The van der Waals surface area contributed by atoms with Crippen molar-refractivity contribution in [3.05, 3.63) is 48.0 Å². The lowest BCUT2D eigenvalue weighted by Gasteiger charge is -2.28. The van der Waals surface area contributed by atoms with Gasteiger partial charge in [-0.1, -0.05) is 30.3 Å². The molecule has 0 spiro atoms. The van der Waals surface area contributed by atoms with Crippen LogP contribution in [-0.2, 0) is 22.4 Å². The standard InChI is InChI=1S/C22H29N3O2/c1-2-8-25-16-19(15-21(25)26)22(27)24-10-5-9-23(11-12-24)20-13-17-6-3-4-7-18(17)14-20/h2-4,6-7,19-20H,1,5,8-16H2. The third-order valence-electron chi connectivity index (χ3n) is 6.30. The lowest BCUT2D eigenvalue weighted by Crippen LogP contribution is -2.42. The molecule has 2 saturated heterocycles. The van der Waals surface area contributed by atoms with E-state index in [0.29, 0.717) is 25.6 Å². The maximum absolute atomic E-state index is 13.0. The molecule has 2 aliphatic heterocycles. The van der Waals surface area contributed by atoms with Gasteiger partial charge in [0.2, 0.25) is 11.8 Å². The molecule has 1 aliphatic carbocycles. The van der Waals surface area contributed by atoms with E-state index in [-0.39, 0.29) is 17.7 Å². The Kier molecular flexibility index (Phi) is 5.30. The molecule has 144 valence electrons. The molecule has 1 aromatic rings. The number of amides is 2. The largest absolute Gasteiger partial charge is 0.341 e. The number of rotatable bonds is 4. The van der Waals surface area contributed by atoms with Crippen molar-refractivity contribution in [2.24, 2.45) is 5.92 Å². The summed E-state index contributed by atoms with van der Waals surface area (Å²) in [5.74, 6) is 0.0552. The van der Waals surface area contributed by atoms with E-state index in [0.717, 1.165) is 45.4 Å². The van der Waals surface area contributed by atoms with Crippen molar-refractivity contribution in [2.45, 2.75) is 31.7 Å². The SMILES string of the molecule is C=CCN1CC(C(=O)N2CCCN(C3Cc4ccccc4C3)CC2)CC1=O. The third-order valence-corrected chi connectivity index (χ3v) is 6.30. The van der Waals surface area contributed by atoms with Gasteiger partial charge >= 0.3 is 0 Å². The van der Waals surface area contributed by atoms with E-state index in [1.165, 1.54) is 11.1 Å². The number of hydrogen-bond donors (Lipinski definition) is 0. The summed E-state index contributed by atoms with van der Waals surface area (Å²) in [6.07, 6.45) is 5.34. The number of hydrogen-bond acceptors (Lipinski definition) is 3. The normalized spacial score (nSPS) is 24.1. The van der Waals surface area contributed by atoms with Crippen molar-refractivity contribution in [3.8, 4) is 0 Å². The zero-order valence-electron chi connectivity index (χ0n) is 16.0. The fourth-order valence-corrected chi connectivity index (χ4v) is 4.84. The van der Waals surface area contributed by atoms with Crippen LogP contribution >= 0.6 is 0 Å². The summed E-state index contributed by atoms with van der Waals surface area (Å²) < 4.78 is 0. The monoisotopic (exact) mass is 367 g/mol. The van der Waals surface area contributed by atoms with Crippen molar-refractivity contribution < 1.29 is 9.59 Å². The molecule has 0 radical (unpaired) electrons. The van der Waals surface area contributed by atoms with Gasteiger partial charge in [0.05, 0.1) is 5.92 Å². The van der Waals surface area contributed by atoms with Gasteiger partial charge in [-0.25, -0.2) is 0 Å². The molecule has 5 heteroatoms. The van der Waals surface area contributed by atoms with Gasteiger partial charge in [-0.3, -0.25) is 14.5 Å². The molecule has 4 rings (SSSR count). The smallest absolute Gasteiger partial charge is 0.228 e. The van der Waals surface area contributed by atoms with Crippen LogP contribution < -0.4 is 0 Å². The average molecular weight is 367 g/mol. The highest BCUT2D eigenvalue weighted by Crippen LogP contribution is 2.27. The van der Waals surface area contributed by atoms with E-state index in [9.17, 15) is 9.59 Å². The Morgan fingerprint density at radius 2 is 1.81 bits per heavy atom. The number of carbonyl (C=O) groups excluding carboxylic acids is 2. The Bertz CT molecular complexity index is 707. The first kappa shape index (κ1) is 18.2. The fourth-order valence-electron chi connectivity index (χ4n) is 4.84. The summed E-state index contributed by atoms with van der Waals surface area (Å²) in [4.78, 5) is 31.3. The van der Waals surface area contributed by atoms with Crippen LogP contribution in [-0.4, -0.2) is 71.8 Å². The molecule has 0 bridgehead atoms. The van der Waals surface area contributed by atoms with Gasteiger partial charge in [0.15, 0.2) is 0 Å². The van der Waals surface area contributed by atoms with E-state index < -0.39 is 0 Å². The first-order valence-electron chi connectivity index (χ1n) is 10.1. The zero-order valence-corrected chi connectivity index (χ0v) is 16.0. The number of carbonyl (C=O) groups is 2. The van der Waals surface area contributed by atoms with E-state index in [4.69, 9.17) is 0 Å². The van der Waals surface area contributed by atoms with Gasteiger partial charge in [0.25, 0.3) is 0 Å². The lowest BCUT2D eigenvalue weighted by molar-refractivity contribution is -0.135. The van der Waals surface area contributed by atoms with Crippen LogP contribution in [0.15, 0.2) is 36.9 Å². The Hall–Kier alpha value is -2.14. The number of benzene rings is 1. The summed E-state index contributed by atoms with van der Waals surface area (Å²) in [7, 11) is 0. The van der Waals surface area contributed by atoms with E-state index in [1.807, 2.05) is 4.90 Å². The maximum Gasteiger partial charge on any atom is 0.228 e. The Morgan fingerprint density at radius 3 is 2.52 bits per heavy atom. The van der Waals surface area contributed by atoms with Crippen LogP contribution in [0.2, 0.25) is 0 Å². The number of fused-ring (bicyclic) bond motifs is 1. The predicted molar refractivity (Wildman–Crippen MR) is 105 cm³/mol. The van der Waals surface area contributed by atoms with Crippen LogP contribution in [0.25, 0.3) is 0 Å². The lowest BCUT2D eigenvalue weighted by atomic mass is 10.1. The van der Waals surface area contributed by atoms with Gasteiger partial charge in [-0.15, -0.1) is 6.58 Å². The topological polar surface area (TPSA) is 43.9 Å². The van der Waals surface area contributed by atoms with Crippen LogP contribution in [0.1, 0.15) is 24.0 Å². The molecule has 0 aromatic heterocycles. The van der Waals surface area contributed by atoms with E-state index >= 15 is 0 Å². The van der Waals surface area contributed by atoms with Crippen LogP contribution in [0, 0.1) is 5.92 Å². The highest BCUT2D eigenvalue weighted by molar-refractivity contribution is 5.89. The van der Waals surface area contributed by atoms with Gasteiger partial charge < -0.3 is 9.80 Å². The van der Waals surface area contributed by atoms with Crippen LogP contribution in [0.4, 0.5) is 0 Å². The minimum Gasteiger partial charge on any atom is -0.341 e. The molecule has 2 fully saturated rings. The molecule has 0 N–H and O–H groups in total. The minimum absolute atomic E-state index is 0.0772. The molecule has 1 aromatic carbocycles. The highest BCUT2D eigenvalue weighted by Gasteiger charge is 2.37. The molecule has 0 saturated carbocycles. The van der Waals surface area contributed by atoms with Crippen molar-refractivity contribution in [1.82, 2.24) is 14.7 Å². The molecule has 5 nitrogen and oxygen atoms in total. The summed E-state index contributed by atoms with van der Waals surface area (Å²) in [6, 6.07) is 9.31. The number of likely N-dealkylation sites (tertiary alicyclic amines) is 1. The first-order chi connectivity index (χ1) is 13.2. The Balaban J connectivity index is 1.33. The molecular weight excluding hydrogens is 338 g/mol. The Morgan fingerprint density at radius 1 is 1.07 bits per heavy atom. The zero-order chi connectivity index (χ0) is 18.8. The van der Waals surface area contributed by atoms with Crippen LogP contribution in [0.3, 0.4) is 0 Å². The third kappa shape index (κ3) is 3.79. The summed E-state index contributed by atoms with van der Waals surface area (Å²) in [6.45, 7) is 8.35. The van der Waals surface area contributed by atoms with Crippen molar-refractivity contribution >= 4 is 11.8 Å². The average Bonchev–Trinajstić information content (AvgIpc) is 3.17. The maximum atomic E-state index is 13.0. The summed E-state index contributed by atoms with van der Waals surface area (Å²) in [5, 5.41) is 0. The van der Waals surface area contributed by atoms with E-state index in [1.54, 1.807) is 11.0 Å². The van der Waals surface area contributed by atoms with Gasteiger partial charge in [-0.05, 0) is 30.4 Å². The predicted octanol–water partition coefficient (Wildman–Crippen LogP) is 1.72. The molecule has 27 heavy (non-hydrogen) atoms. The van der Waals surface area contributed by atoms with Gasteiger partial charge in [0.1, 0.15) is 0 Å². The second-order valence-electron chi connectivity index (χ2n) is 8.03. The van der Waals surface area contributed by atoms with Gasteiger partial charge in [-0.2, -0.15) is 0 Å².